The van der Waals surface area contributed by atoms with Crippen molar-refractivity contribution in [1.29, 1.82) is 0 Å². The molecule has 2 unspecified atom stereocenters. The predicted molar refractivity (Wildman–Crippen MR) is 81.6 cm³/mol. The molecular weight excluding hydrogens is 358 g/mol. The smallest absolute Gasteiger partial charge is 0.182 e. The molecule has 1 aliphatic carbocycles. The molecule has 1 aromatic rings. The molecule has 5 nitrogen and oxygen atoms in total. The van der Waals surface area contributed by atoms with Crippen LogP contribution in [-0.2, 0) is 19.3 Å². The van der Waals surface area contributed by atoms with Gasteiger partial charge < -0.3 is 15.2 Å². The van der Waals surface area contributed by atoms with Crippen LogP contribution in [0.15, 0.2) is 33.6 Å². The first-order chi connectivity index (χ1) is 9.93. The van der Waals surface area contributed by atoms with Gasteiger partial charge in [-0.15, -0.1) is 0 Å². The summed E-state index contributed by atoms with van der Waals surface area (Å²) < 4.78 is 37.8. The third-order valence-electron chi connectivity index (χ3n) is 4.19. The molecule has 3 rings (SSSR count). The first-order valence-corrected chi connectivity index (χ1v) is 9.30. The molecular formula is C14H18BrNO4S. The lowest BCUT2D eigenvalue weighted by molar-refractivity contribution is -0.177. The van der Waals surface area contributed by atoms with Crippen molar-refractivity contribution < 1.29 is 17.9 Å². The quantitative estimate of drug-likeness (QED) is 0.852. The summed E-state index contributed by atoms with van der Waals surface area (Å²) in [7, 11) is -3.51. The summed E-state index contributed by atoms with van der Waals surface area (Å²) in [5.74, 6) is -0.764. The molecule has 0 bridgehead atoms. The third-order valence-corrected chi connectivity index (χ3v) is 6.90. The number of sulfone groups is 1. The van der Waals surface area contributed by atoms with Crippen molar-refractivity contribution in [2.24, 2.45) is 5.73 Å². The number of hydrogen-bond acceptors (Lipinski definition) is 5. The molecule has 1 aromatic carbocycles. The van der Waals surface area contributed by atoms with E-state index in [1.807, 2.05) is 0 Å². The van der Waals surface area contributed by atoms with Crippen LogP contribution in [0.4, 0.5) is 0 Å². The van der Waals surface area contributed by atoms with Crippen LogP contribution in [0.1, 0.15) is 19.3 Å². The monoisotopic (exact) mass is 375 g/mol. The standard InChI is InChI=1S/C14H18BrNO4S/c15-10-2-1-3-11(8-10)21(17,18)13-9-14(5-4-12(13)16)19-6-7-20-14/h1-3,8,12-13H,4-7,9,16H2. The van der Waals surface area contributed by atoms with Crippen molar-refractivity contribution in [3.05, 3.63) is 28.7 Å². The lowest BCUT2D eigenvalue weighted by Crippen LogP contribution is -2.52. The van der Waals surface area contributed by atoms with Crippen molar-refractivity contribution in [2.75, 3.05) is 13.2 Å². The zero-order chi connectivity index (χ0) is 15.1. The van der Waals surface area contributed by atoms with Gasteiger partial charge in [0.05, 0.1) is 23.4 Å². The van der Waals surface area contributed by atoms with E-state index < -0.39 is 26.9 Å². The number of hydrogen-bond donors (Lipinski definition) is 1. The minimum Gasteiger partial charge on any atom is -0.347 e. The maximum atomic E-state index is 12.9. The van der Waals surface area contributed by atoms with Crippen molar-refractivity contribution in [3.63, 3.8) is 0 Å². The van der Waals surface area contributed by atoms with E-state index in [1.54, 1.807) is 24.3 Å². The van der Waals surface area contributed by atoms with Crippen molar-refractivity contribution in [1.82, 2.24) is 0 Å². The summed E-state index contributed by atoms with van der Waals surface area (Å²) in [4.78, 5) is 0.285. The Morgan fingerprint density at radius 2 is 2.00 bits per heavy atom. The minimum absolute atomic E-state index is 0.285. The van der Waals surface area contributed by atoms with Crippen LogP contribution in [0.5, 0.6) is 0 Å². The van der Waals surface area contributed by atoms with E-state index >= 15 is 0 Å². The zero-order valence-corrected chi connectivity index (χ0v) is 13.9. The molecule has 1 aliphatic heterocycles. The lowest BCUT2D eigenvalue weighted by Gasteiger charge is -2.39. The summed E-state index contributed by atoms with van der Waals surface area (Å²) in [6, 6.07) is 6.32. The van der Waals surface area contributed by atoms with Gasteiger partial charge in [0.15, 0.2) is 15.6 Å². The molecule has 1 heterocycles. The molecule has 116 valence electrons. The molecule has 2 aliphatic rings. The van der Waals surface area contributed by atoms with Gasteiger partial charge in [0.25, 0.3) is 0 Å². The maximum absolute atomic E-state index is 12.9. The SMILES string of the molecule is NC1CCC2(CC1S(=O)(=O)c1cccc(Br)c1)OCCO2. The molecule has 1 saturated heterocycles. The van der Waals surface area contributed by atoms with Crippen LogP contribution in [0.25, 0.3) is 0 Å². The molecule has 0 radical (unpaired) electrons. The molecule has 2 atom stereocenters. The number of halogens is 1. The van der Waals surface area contributed by atoms with E-state index in [4.69, 9.17) is 15.2 Å². The summed E-state index contributed by atoms with van der Waals surface area (Å²) >= 11 is 3.31. The van der Waals surface area contributed by atoms with Crippen LogP contribution >= 0.6 is 15.9 Å². The van der Waals surface area contributed by atoms with Gasteiger partial charge in [-0.1, -0.05) is 22.0 Å². The Morgan fingerprint density at radius 1 is 1.29 bits per heavy atom. The van der Waals surface area contributed by atoms with Gasteiger partial charge in [-0.05, 0) is 24.6 Å². The first-order valence-electron chi connectivity index (χ1n) is 6.96. The van der Waals surface area contributed by atoms with Gasteiger partial charge in [-0.2, -0.15) is 0 Å². The molecule has 1 spiro atoms. The fourth-order valence-corrected chi connectivity index (χ4v) is 5.58. The van der Waals surface area contributed by atoms with Crippen LogP contribution in [0.2, 0.25) is 0 Å². The first kappa shape index (κ1) is 15.4. The fraction of sp³-hybridized carbons (Fsp3) is 0.571. The second-order valence-corrected chi connectivity index (χ2v) is 8.64. The summed E-state index contributed by atoms with van der Waals surface area (Å²) in [5.41, 5.74) is 6.09. The van der Waals surface area contributed by atoms with E-state index in [9.17, 15) is 8.42 Å². The summed E-state index contributed by atoms with van der Waals surface area (Å²) in [5, 5.41) is -0.682. The van der Waals surface area contributed by atoms with E-state index in [2.05, 4.69) is 15.9 Å². The average molecular weight is 376 g/mol. The fourth-order valence-electron chi connectivity index (χ4n) is 3.05. The van der Waals surface area contributed by atoms with Gasteiger partial charge in [0, 0.05) is 23.4 Å². The highest BCUT2D eigenvalue weighted by molar-refractivity contribution is 9.10. The normalized spacial score (nSPS) is 28.9. The van der Waals surface area contributed by atoms with Crippen molar-refractivity contribution >= 4 is 25.8 Å². The van der Waals surface area contributed by atoms with Crippen LogP contribution < -0.4 is 5.73 Å². The number of nitrogens with two attached hydrogens (primary N) is 1. The van der Waals surface area contributed by atoms with E-state index in [0.29, 0.717) is 32.5 Å². The summed E-state index contributed by atoms with van der Waals surface area (Å²) in [6.07, 6.45) is 1.53. The van der Waals surface area contributed by atoms with Gasteiger partial charge in [0.1, 0.15) is 0 Å². The van der Waals surface area contributed by atoms with Gasteiger partial charge in [0.2, 0.25) is 0 Å². The highest BCUT2D eigenvalue weighted by Gasteiger charge is 2.48. The van der Waals surface area contributed by atoms with Crippen LogP contribution in [0, 0.1) is 0 Å². The molecule has 0 aromatic heterocycles. The third kappa shape index (κ3) is 2.90. The number of ether oxygens (including phenoxy) is 2. The Labute approximate surface area is 132 Å². The minimum atomic E-state index is -3.51. The van der Waals surface area contributed by atoms with Crippen LogP contribution in [-0.4, -0.2) is 38.7 Å². The van der Waals surface area contributed by atoms with Crippen molar-refractivity contribution in [2.45, 2.75) is 41.2 Å². The van der Waals surface area contributed by atoms with Gasteiger partial charge in [-0.3, -0.25) is 0 Å². The Morgan fingerprint density at radius 3 is 2.67 bits per heavy atom. The number of benzene rings is 1. The molecule has 2 fully saturated rings. The Kier molecular flexibility index (Phi) is 4.13. The topological polar surface area (TPSA) is 78.6 Å². The number of rotatable bonds is 2. The maximum Gasteiger partial charge on any atom is 0.182 e. The Hall–Kier alpha value is -0.470. The van der Waals surface area contributed by atoms with E-state index in [1.165, 1.54) is 0 Å². The van der Waals surface area contributed by atoms with Gasteiger partial charge >= 0.3 is 0 Å². The van der Waals surface area contributed by atoms with Gasteiger partial charge in [-0.25, -0.2) is 8.42 Å². The molecule has 21 heavy (non-hydrogen) atoms. The summed E-state index contributed by atoms with van der Waals surface area (Å²) in [6.45, 7) is 1.03. The molecule has 1 saturated carbocycles. The molecule has 7 heteroatoms. The lowest BCUT2D eigenvalue weighted by atomic mass is 9.90. The Balaban J connectivity index is 1.93. The zero-order valence-electron chi connectivity index (χ0n) is 11.5. The largest absolute Gasteiger partial charge is 0.347 e. The molecule has 0 amide bonds. The molecule has 2 N–H and O–H groups in total. The van der Waals surface area contributed by atoms with Crippen LogP contribution in [0.3, 0.4) is 0 Å². The van der Waals surface area contributed by atoms with E-state index in [-0.39, 0.29) is 4.90 Å². The highest BCUT2D eigenvalue weighted by Crippen LogP contribution is 2.39. The second-order valence-electron chi connectivity index (χ2n) is 5.56. The van der Waals surface area contributed by atoms with Crippen molar-refractivity contribution in [3.8, 4) is 0 Å². The highest BCUT2D eigenvalue weighted by atomic mass is 79.9. The predicted octanol–water partition coefficient (Wildman–Crippen LogP) is 1.85. The average Bonchev–Trinajstić information content (AvgIpc) is 2.90. The van der Waals surface area contributed by atoms with E-state index in [0.717, 1.165) is 4.47 Å². The Bertz CT molecular complexity index is 628. The second kappa shape index (κ2) is 5.62.